The number of nitrogens with zero attached hydrogens (tertiary/aromatic N) is 1. The summed E-state index contributed by atoms with van der Waals surface area (Å²) in [5, 5.41) is 3.47. The average Bonchev–Trinajstić information content (AvgIpc) is 3.20. The van der Waals surface area contributed by atoms with E-state index in [4.69, 9.17) is 0 Å². The van der Waals surface area contributed by atoms with Crippen LogP contribution >= 0.6 is 15.9 Å². The molecule has 2 aliphatic rings. The van der Waals surface area contributed by atoms with Crippen LogP contribution in [-0.2, 0) is 4.79 Å². The number of amides is 1. The number of halogens is 1. The first-order valence-corrected chi connectivity index (χ1v) is 7.78. The summed E-state index contributed by atoms with van der Waals surface area (Å²) < 4.78 is 1.09. The molecule has 1 unspecified atom stereocenters. The van der Waals surface area contributed by atoms with Crippen molar-refractivity contribution in [3.8, 4) is 0 Å². The fraction of sp³-hybridized carbons (Fsp3) is 0.533. The van der Waals surface area contributed by atoms with Crippen LogP contribution in [-0.4, -0.2) is 24.5 Å². The van der Waals surface area contributed by atoms with E-state index in [0.717, 1.165) is 29.5 Å². The van der Waals surface area contributed by atoms with Crippen molar-refractivity contribution in [1.82, 2.24) is 5.32 Å². The third-order valence-electron chi connectivity index (χ3n) is 3.91. The lowest BCUT2D eigenvalue weighted by Gasteiger charge is -2.33. The smallest absolute Gasteiger partial charge is 0.244 e. The zero-order chi connectivity index (χ0) is 13.4. The monoisotopic (exact) mass is 322 g/mol. The van der Waals surface area contributed by atoms with Gasteiger partial charge in [0.1, 0.15) is 0 Å². The number of hydrogen-bond donors (Lipinski definition) is 1. The fourth-order valence-corrected chi connectivity index (χ4v) is 2.86. The van der Waals surface area contributed by atoms with Crippen molar-refractivity contribution in [2.75, 3.05) is 11.4 Å². The van der Waals surface area contributed by atoms with Crippen LogP contribution in [0.4, 0.5) is 5.69 Å². The van der Waals surface area contributed by atoms with E-state index in [2.05, 4.69) is 34.2 Å². The number of carbonyl (C=O) groups is 1. The van der Waals surface area contributed by atoms with Crippen LogP contribution in [0, 0.1) is 6.92 Å². The van der Waals surface area contributed by atoms with Gasteiger partial charge in [-0.15, -0.1) is 0 Å². The molecule has 102 valence electrons. The molecule has 1 aliphatic carbocycles. The van der Waals surface area contributed by atoms with Gasteiger partial charge in [-0.25, -0.2) is 0 Å². The van der Waals surface area contributed by atoms with Gasteiger partial charge >= 0.3 is 0 Å². The van der Waals surface area contributed by atoms with Crippen LogP contribution < -0.4 is 10.2 Å². The summed E-state index contributed by atoms with van der Waals surface area (Å²) in [6, 6.07) is 6.73. The maximum atomic E-state index is 12.5. The second-order valence-electron chi connectivity index (χ2n) is 5.56. The molecule has 2 fully saturated rings. The quantitative estimate of drug-likeness (QED) is 0.927. The number of aryl methyl sites for hydroxylation is 1. The molecule has 1 saturated heterocycles. The van der Waals surface area contributed by atoms with Crippen LogP contribution in [0.25, 0.3) is 0 Å². The molecular formula is C15H19BrN2O. The van der Waals surface area contributed by atoms with E-state index in [1.165, 1.54) is 18.4 Å². The summed E-state index contributed by atoms with van der Waals surface area (Å²) >= 11 is 3.51. The zero-order valence-electron chi connectivity index (χ0n) is 11.2. The van der Waals surface area contributed by atoms with Gasteiger partial charge < -0.3 is 10.2 Å². The van der Waals surface area contributed by atoms with Gasteiger partial charge in [-0.05, 0) is 56.4 Å². The van der Waals surface area contributed by atoms with Gasteiger partial charge in [-0.2, -0.15) is 0 Å². The number of rotatable bonds is 3. The van der Waals surface area contributed by atoms with Gasteiger partial charge in [0.25, 0.3) is 0 Å². The summed E-state index contributed by atoms with van der Waals surface area (Å²) in [7, 11) is 0. The zero-order valence-corrected chi connectivity index (χ0v) is 12.7. The van der Waals surface area contributed by atoms with Crippen molar-refractivity contribution in [2.45, 2.75) is 44.7 Å². The molecule has 1 saturated carbocycles. The van der Waals surface area contributed by atoms with Gasteiger partial charge in [0.2, 0.25) is 5.91 Å². The van der Waals surface area contributed by atoms with Crippen molar-refractivity contribution >= 4 is 27.5 Å². The van der Waals surface area contributed by atoms with E-state index in [-0.39, 0.29) is 11.9 Å². The summed E-state index contributed by atoms with van der Waals surface area (Å²) in [6.07, 6.45) is 4.49. The largest absolute Gasteiger partial charge is 0.311 e. The van der Waals surface area contributed by atoms with Gasteiger partial charge in [0.05, 0.1) is 6.04 Å². The van der Waals surface area contributed by atoms with Crippen LogP contribution in [0.5, 0.6) is 0 Å². The maximum Gasteiger partial charge on any atom is 0.244 e. The predicted octanol–water partition coefficient (Wildman–Crippen LogP) is 3.00. The molecule has 1 aromatic rings. The minimum absolute atomic E-state index is 0.0187. The molecule has 3 rings (SSSR count). The first kappa shape index (κ1) is 13.1. The molecule has 3 nitrogen and oxygen atoms in total. The first-order valence-electron chi connectivity index (χ1n) is 6.99. The molecule has 1 N–H and O–H groups in total. The number of piperidine rings is 1. The lowest BCUT2D eigenvalue weighted by atomic mass is 10.0. The van der Waals surface area contributed by atoms with Crippen LogP contribution in [0.15, 0.2) is 22.7 Å². The van der Waals surface area contributed by atoms with Crippen LogP contribution in [0.2, 0.25) is 0 Å². The lowest BCUT2D eigenvalue weighted by Crippen LogP contribution is -2.51. The number of carbonyl (C=O) groups excluding carboxylic acids is 1. The molecule has 0 radical (unpaired) electrons. The SMILES string of the molecule is Cc1cc(N2CCCC(NC3CC3)C2=O)ccc1Br. The van der Waals surface area contributed by atoms with Crippen LogP contribution in [0.3, 0.4) is 0 Å². The van der Waals surface area contributed by atoms with E-state index in [1.54, 1.807) is 0 Å². The van der Waals surface area contributed by atoms with Crippen molar-refractivity contribution in [3.05, 3.63) is 28.2 Å². The normalized spacial score (nSPS) is 23.8. The van der Waals surface area contributed by atoms with E-state index in [0.29, 0.717) is 6.04 Å². The number of benzene rings is 1. The highest BCUT2D eigenvalue weighted by Crippen LogP contribution is 2.27. The fourth-order valence-electron chi connectivity index (χ4n) is 2.62. The number of anilines is 1. The molecule has 1 aromatic carbocycles. The van der Waals surface area contributed by atoms with E-state index in [1.807, 2.05) is 17.0 Å². The minimum atomic E-state index is 0.0187. The molecule has 1 heterocycles. The molecule has 4 heteroatoms. The van der Waals surface area contributed by atoms with E-state index < -0.39 is 0 Å². The van der Waals surface area contributed by atoms with Gasteiger partial charge in [-0.3, -0.25) is 4.79 Å². The molecule has 0 bridgehead atoms. The highest BCUT2D eigenvalue weighted by molar-refractivity contribution is 9.10. The summed E-state index contributed by atoms with van der Waals surface area (Å²) in [4.78, 5) is 14.5. The minimum Gasteiger partial charge on any atom is -0.311 e. The summed E-state index contributed by atoms with van der Waals surface area (Å²) in [6.45, 7) is 2.89. The molecule has 1 atom stereocenters. The molecule has 1 amide bonds. The average molecular weight is 323 g/mol. The first-order chi connectivity index (χ1) is 9.15. The van der Waals surface area contributed by atoms with Crippen molar-refractivity contribution in [3.63, 3.8) is 0 Å². The second-order valence-corrected chi connectivity index (χ2v) is 6.41. The summed E-state index contributed by atoms with van der Waals surface area (Å²) in [5.74, 6) is 0.236. The number of nitrogens with one attached hydrogen (secondary N) is 1. The Balaban J connectivity index is 1.78. The highest BCUT2D eigenvalue weighted by atomic mass is 79.9. The maximum absolute atomic E-state index is 12.5. The lowest BCUT2D eigenvalue weighted by molar-refractivity contribution is -0.121. The van der Waals surface area contributed by atoms with Gasteiger partial charge in [0.15, 0.2) is 0 Å². The summed E-state index contributed by atoms with van der Waals surface area (Å²) in [5.41, 5.74) is 2.19. The Hall–Kier alpha value is -0.870. The Bertz CT molecular complexity index is 499. The molecule has 0 aromatic heterocycles. The third kappa shape index (κ3) is 2.84. The van der Waals surface area contributed by atoms with Crippen molar-refractivity contribution in [2.24, 2.45) is 0 Å². The van der Waals surface area contributed by atoms with Crippen molar-refractivity contribution in [1.29, 1.82) is 0 Å². The van der Waals surface area contributed by atoms with Gasteiger partial charge in [-0.1, -0.05) is 15.9 Å². The molecular weight excluding hydrogens is 304 g/mol. The molecule has 19 heavy (non-hydrogen) atoms. The topological polar surface area (TPSA) is 32.3 Å². The van der Waals surface area contributed by atoms with E-state index >= 15 is 0 Å². The van der Waals surface area contributed by atoms with Crippen LogP contribution in [0.1, 0.15) is 31.2 Å². The second kappa shape index (κ2) is 5.25. The van der Waals surface area contributed by atoms with E-state index in [9.17, 15) is 4.79 Å². The Labute approximate surface area is 122 Å². The van der Waals surface area contributed by atoms with Gasteiger partial charge in [0, 0.05) is 22.7 Å². The Morgan fingerprint density at radius 1 is 1.32 bits per heavy atom. The standard InChI is InChI=1S/C15H19BrN2O/c1-10-9-12(6-7-13(10)16)18-8-2-3-14(15(18)19)17-11-4-5-11/h6-7,9,11,14,17H,2-5,8H2,1H3. The Morgan fingerprint density at radius 2 is 2.11 bits per heavy atom. The third-order valence-corrected chi connectivity index (χ3v) is 4.80. The number of hydrogen-bond acceptors (Lipinski definition) is 2. The highest BCUT2D eigenvalue weighted by Gasteiger charge is 2.33. The van der Waals surface area contributed by atoms with Crippen molar-refractivity contribution < 1.29 is 4.79 Å². The Morgan fingerprint density at radius 3 is 2.79 bits per heavy atom. The molecule has 1 aliphatic heterocycles. The molecule has 0 spiro atoms. The predicted molar refractivity (Wildman–Crippen MR) is 80.4 cm³/mol. The Kier molecular flexibility index (Phi) is 3.63.